The van der Waals surface area contributed by atoms with Crippen LogP contribution in [0.3, 0.4) is 0 Å². The lowest BCUT2D eigenvalue weighted by molar-refractivity contribution is -0.115. The van der Waals surface area contributed by atoms with E-state index in [1.807, 2.05) is 18.0 Å². The van der Waals surface area contributed by atoms with Crippen LogP contribution in [-0.4, -0.2) is 32.6 Å². The van der Waals surface area contributed by atoms with Crippen LogP contribution in [0.25, 0.3) is 0 Å². The van der Waals surface area contributed by atoms with E-state index >= 15 is 0 Å². The third kappa shape index (κ3) is 2.73. The van der Waals surface area contributed by atoms with Crippen molar-refractivity contribution in [3.8, 4) is 0 Å². The lowest BCUT2D eigenvalue weighted by Crippen LogP contribution is -2.35. The van der Waals surface area contributed by atoms with E-state index in [9.17, 15) is 4.79 Å². The summed E-state index contributed by atoms with van der Waals surface area (Å²) in [5, 5.41) is 6.34. The Hall–Kier alpha value is -1.55. The highest BCUT2D eigenvalue weighted by Gasteiger charge is 2.20. The van der Waals surface area contributed by atoms with Crippen LogP contribution in [0, 0.1) is 5.92 Å². The summed E-state index contributed by atoms with van der Waals surface area (Å²) in [4.78, 5) is 13.5. The molecule has 0 radical (unpaired) electrons. The molecule has 102 valence electrons. The number of amides is 1. The van der Waals surface area contributed by atoms with Crippen LogP contribution in [0.5, 0.6) is 0 Å². The van der Waals surface area contributed by atoms with Gasteiger partial charge in [-0.2, -0.15) is 0 Å². The fourth-order valence-corrected chi connectivity index (χ4v) is 3.04. The van der Waals surface area contributed by atoms with Crippen LogP contribution in [0.4, 0.5) is 11.4 Å². The van der Waals surface area contributed by atoms with Gasteiger partial charge in [0.1, 0.15) is 0 Å². The molecule has 0 unspecified atom stereocenters. The minimum absolute atomic E-state index is 0.0705. The molecule has 1 amide bonds. The van der Waals surface area contributed by atoms with Gasteiger partial charge in [-0.25, -0.2) is 0 Å². The number of piperidine rings is 1. The van der Waals surface area contributed by atoms with Crippen molar-refractivity contribution < 1.29 is 4.79 Å². The maximum atomic E-state index is 11.5. The molecule has 0 spiro atoms. The lowest BCUT2D eigenvalue weighted by atomic mass is 9.90. The first kappa shape index (κ1) is 12.5. The predicted octanol–water partition coefficient (Wildman–Crippen LogP) is 1.62. The normalized spacial score (nSPS) is 20.1. The number of hydrogen-bond acceptors (Lipinski definition) is 3. The average molecular weight is 259 g/mol. The SMILES string of the molecule is CN1CC(=O)Nc2ccc(CC3CCNCC3)cc21. The molecule has 0 saturated carbocycles. The molecule has 0 aromatic heterocycles. The third-order valence-corrected chi connectivity index (χ3v) is 4.11. The first-order chi connectivity index (χ1) is 9.22. The molecule has 0 bridgehead atoms. The standard InChI is InChI=1S/C15H21N3O/c1-18-10-15(19)17-13-3-2-12(9-14(13)18)8-11-4-6-16-7-5-11/h2-3,9,11,16H,4-8,10H2,1H3,(H,17,19). The zero-order chi connectivity index (χ0) is 13.2. The number of carbonyl (C=O) groups is 1. The lowest BCUT2D eigenvalue weighted by Gasteiger charge is -2.28. The fourth-order valence-electron chi connectivity index (χ4n) is 3.04. The van der Waals surface area contributed by atoms with Gasteiger partial charge < -0.3 is 15.5 Å². The van der Waals surface area contributed by atoms with Crippen molar-refractivity contribution in [1.82, 2.24) is 5.32 Å². The summed E-state index contributed by atoms with van der Waals surface area (Å²) >= 11 is 0. The van der Waals surface area contributed by atoms with Crippen molar-refractivity contribution in [2.24, 2.45) is 5.92 Å². The van der Waals surface area contributed by atoms with Crippen LogP contribution in [0.2, 0.25) is 0 Å². The molecule has 1 fully saturated rings. The van der Waals surface area contributed by atoms with Gasteiger partial charge in [0, 0.05) is 7.05 Å². The molecule has 4 heteroatoms. The van der Waals surface area contributed by atoms with Gasteiger partial charge in [-0.3, -0.25) is 4.79 Å². The molecule has 2 aliphatic heterocycles. The van der Waals surface area contributed by atoms with Crippen LogP contribution in [0.15, 0.2) is 18.2 Å². The Morgan fingerprint density at radius 3 is 2.89 bits per heavy atom. The first-order valence-electron chi connectivity index (χ1n) is 7.07. The van der Waals surface area contributed by atoms with E-state index in [1.165, 1.54) is 18.4 Å². The van der Waals surface area contributed by atoms with Gasteiger partial charge >= 0.3 is 0 Å². The Morgan fingerprint density at radius 1 is 1.32 bits per heavy atom. The Kier molecular flexibility index (Phi) is 3.42. The molecule has 1 aromatic rings. The van der Waals surface area contributed by atoms with Crippen LogP contribution < -0.4 is 15.5 Å². The monoisotopic (exact) mass is 259 g/mol. The molecule has 1 aromatic carbocycles. The molecular formula is C15H21N3O. The summed E-state index contributed by atoms with van der Waals surface area (Å²) in [7, 11) is 1.98. The van der Waals surface area contributed by atoms with Gasteiger partial charge in [-0.15, -0.1) is 0 Å². The van der Waals surface area contributed by atoms with Crippen molar-refractivity contribution in [2.45, 2.75) is 19.3 Å². The van der Waals surface area contributed by atoms with Gasteiger partial charge in [-0.05, 0) is 56.0 Å². The van der Waals surface area contributed by atoms with E-state index in [4.69, 9.17) is 0 Å². The largest absolute Gasteiger partial charge is 0.364 e. The maximum absolute atomic E-state index is 11.5. The number of carbonyl (C=O) groups excluding carboxylic acids is 1. The Labute approximate surface area is 114 Å². The van der Waals surface area contributed by atoms with Gasteiger partial charge in [0.05, 0.1) is 17.9 Å². The number of fused-ring (bicyclic) bond motifs is 1. The smallest absolute Gasteiger partial charge is 0.243 e. The molecule has 0 aliphatic carbocycles. The molecule has 3 rings (SSSR count). The summed E-state index contributed by atoms with van der Waals surface area (Å²) in [5.41, 5.74) is 3.47. The topological polar surface area (TPSA) is 44.4 Å². The van der Waals surface area contributed by atoms with E-state index in [1.54, 1.807) is 0 Å². The first-order valence-corrected chi connectivity index (χ1v) is 7.07. The zero-order valence-corrected chi connectivity index (χ0v) is 11.4. The molecule has 4 nitrogen and oxygen atoms in total. The van der Waals surface area contributed by atoms with Crippen molar-refractivity contribution >= 4 is 17.3 Å². The Balaban J connectivity index is 1.77. The third-order valence-electron chi connectivity index (χ3n) is 4.11. The van der Waals surface area contributed by atoms with Gasteiger partial charge in [0.2, 0.25) is 5.91 Å². The van der Waals surface area contributed by atoms with Gasteiger partial charge in [-0.1, -0.05) is 6.07 Å². The summed E-state index contributed by atoms with van der Waals surface area (Å²) in [5.74, 6) is 0.865. The van der Waals surface area contributed by atoms with Crippen molar-refractivity contribution in [3.05, 3.63) is 23.8 Å². The predicted molar refractivity (Wildman–Crippen MR) is 77.6 cm³/mol. The van der Waals surface area contributed by atoms with Crippen molar-refractivity contribution in [3.63, 3.8) is 0 Å². The number of likely N-dealkylation sites (N-methyl/N-ethyl adjacent to an activating group) is 1. The van der Waals surface area contributed by atoms with Crippen LogP contribution in [0.1, 0.15) is 18.4 Å². The number of hydrogen-bond donors (Lipinski definition) is 2. The van der Waals surface area contributed by atoms with Gasteiger partial charge in [0.25, 0.3) is 0 Å². The number of nitrogens with one attached hydrogen (secondary N) is 2. The Bertz CT molecular complexity index is 480. The summed E-state index contributed by atoms with van der Waals surface area (Å²) in [6, 6.07) is 6.43. The number of benzene rings is 1. The molecule has 2 heterocycles. The zero-order valence-electron chi connectivity index (χ0n) is 11.4. The van der Waals surface area contributed by atoms with Crippen LogP contribution in [-0.2, 0) is 11.2 Å². The van der Waals surface area contributed by atoms with E-state index in [2.05, 4.69) is 22.8 Å². The van der Waals surface area contributed by atoms with E-state index in [0.29, 0.717) is 6.54 Å². The maximum Gasteiger partial charge on any atom is 0.243 e. The second-order valence-corrected chi connectivity index (χ2v) is 5.65. The second-order valence-electron chi connectivity index (χ2n) is 5.65. The quantitative estimate of drug-likeness (QED) is 0.848. The molecule has 19 heavy (non-hydrogen) atoms. The van der Waals surface area contributed by atoms with Crippen molar-refractivity contribution in [1.29, 1.82) is 0 Å². The number of anilines is 2. The van der Waals surface area contributed by atoms with Gasteiger partial charge in [0.15, 0.2) is 0 Å². The number of nitrogens with zero attached hydrogens (tertiary/aromatic N) is 1. The minimum atomic E-state index is 0.0705. The average Bonchev–Trinajstić information content (AvgIpc) is 2.40. The second kappa shape index (κ2) is 5.21. The minimum Gasteiger partial charge on any atom is -0.364 e. The highest BCUT2D eigenvalue weighted by molar-refractivity contribution is 6.01. The summed E-state index contributed by atoms with van der Waals surface area (Å²) in [6.07, 6.45) is 3.68. The molecule has 0 atom stereocenters. The highest BCUT2D eigenvalue weighted by atomic mass is 16.2. The van der Waals surface area contributed by atoms with E-state index in [0.717, 1.165) is 36.8 Å². The molecular weight excluding hydrogens is 238 g/mol. The molecule has 2 aliphatic rings. The fraction of sp³-hybridized carbons (Fsp3) is 0.533. The summed E-state index contributed by atoms with van der Waals surface area (Å²) < 4.78 is 0. The number of rotatable bonds is 2. The van der Waals surface area contributed by atoms with E-state index < -0.39 is 0 Å². The molecule has 1 saturated heterocycles. The van der Waals surface area contributed by atoms with E-state index in [-0.39, 0.29) is 5.91 Å². The highest BCUT2D eigenvalue weighted by Crippen LogP contribution is 2.30. The van der Waals surface area contributed by atoms with Crippen molar-refractivity contribution in [2.75, 3.05) is 36.9 Å². The Morgan fingerprint density at radius 2 is 2.11 bits per heavy atom. The summed E-state index contributed by atoms with van der Waals surface area (Å²) in [6.45, 7) is 2.74. The van der Waals surface area contributed by atoms with Crippen LogP contribution >= 0.6 is 0 Å². The molecule has 2 N–H and O–H groups in total.